The second kappa shape index (κ2) is 4.69. The first-order valence-corrected chi connectivity index (χ1v) is 5.20. The minimum absolute atomic E-state index is 0.396. The van der Waals surface area contributed by atoms with E-state index in [1.165, 1.54) is 6.07 Å². The highest BCUT2D eigenvalue weighted by atomic mass is 16.5. The van der Waals surface area contributed by atoms with Crippen molar-refractivity contribution < 1.29 is 4.74 Å². The van der Waals surface area contributed by atoms with Crippen molar-refractivity contribution in [1.82, 2.24) is 9.97 Å². The molecule has 17 heavy (non-hydrogen) atoms. The molecule has 2 aromatic rings. The van der Waals surface area contributed by atoms with Gasteiger partial charge in [-0.05, 0) is 19.1 Å². The Bertz CT molecular complexity index is 573. The van der Waals surface area contributed by atoms with Gasteiger partial charge in [-0.3, -0.25) is 9.78 Å². The lowest BCUT2D eigenvalue weighted by atomic mass is 10.2. The summed E-state index contributed by atoms with van der Waals surface area (Å²) in [5.41, 5.74) is -0.522. The van der Waals surface area contributed by atoms with E-state index in [0.717, 1.165) is 0 Å². The number of rotatable bonds is 3. The summed E-state index contributed by atoms with van der Waals surface area (Å²) in [5.74, 6) is 0.682. The Hall–Kier alpha value is -2.30. The fourth-order valence-electron chi connectivity index (χ4n) is 1.47. The van der Waals surface area contributed by atoms with Gasteiger partial charge in [-0.25, -0.2) is 4.79 Å². The van der Waals surface area contributed by atoms with Gasteiger partial charge in [-0.15, -0.1) is 0 Å². The van der Waals surface area contributed by atoms with Crippen LogP contribution >= 0.6 is 0 Å². The first-order chi connectivity index (χ1) is 8.15. The van der Waals surface area contributed by atoms with Crippen molar-refractivity contribution in [3.63, 3.8) is 0 Å². The van der Waals surface area contributed by atoms with E-state index in [1.54, 1.807) is 6.92 Å². The summed E-state index contributed by atoms with van der Waals surface area (Å²) in [6.45, 7) is 1.76. The highest BCUT2D eigenvalue weighted by Gasteiger charge is 2.09. The largest absolute Gasteiger partial charge is 0.485 e. The normalized spacial score (nSPS) is 12.1. The fourth-order valence-corrected chi connectivity index (χ4v) is 1.47. The van der Waals surface area contributed by atoms with E-state index in [1.807, 2.05) is 30.3 Å². The molecule has 0 radical (unpaired) electrons. The van der Waals surface area contributed by atoms with Crippen molar-refractivity contribution in [3.05, 3.63) is 62.9 Å². The van der Waals surface area contributed by atoms with Gasteiger partial charge in [-0.1, -0.05) is 18.2 Å². The molecular formula is C12H12N2O3. The zero-order chi connectivity index (χ0) is 12.3. The predicted octanol–water partition coefficient (Wildman–Crippen LogP) is 1.20. The summed E-state index contributed by atoms with van der Waals surface area (Å²) < 4.78 is 5.59. The Morgan fingerprint density at radius 3 is 2.47 bits per heavy atom. The molecule has 0 saturated carbocycles. The molecule has 0 amide bonds. The minimum atomic E-state index is -0.531. The predicted molar refractivity (Wildman–Crippen MR) is 63.2 cm³/mol. The molecule has 5 heteroatoms. The first-order valence-electron chi connectivity index (χ1n) is 5.20. The molecule has 0 aliphatic heterocycles. The average molecular weight is 232 g/mol. The third-order valence-electron chi connectivity index (χ3n) is 2.28. The topological polar surface area (TPSA) is 75.0 Å². The van der Waals surface area contributed by atoms with Gasteiger partial charge in [0.1, 0.15) is 11.9 Å². The smallest absolute Gasteiger partial charge is 0.326 e. The summed E-state index contributed by atoms with van der Waals surface area (Å²) in [6.07, 6.45) is -0.396. The third-order valence-corrected chi connectivity index (χ3v) is 2.28. The van der Waals surface area contributed by atoms with Crippen LogP contribution in [0.3, 0.4) is 0 Å². The number of nitrogens with one attached hydrogen (secondary N) is 2. The van der Waals surface area contributed by atoms with Crippen molar-refractivity contribution in [2.75, 3.05) is 0 Å². The van der Waals surface area contributed by atoms with Crippen LogP contribution in [0, 0.1) is 0 Å². The highest BCUT2D eigenvalue weighted by Crippen LogP contribution is 2.18. The lowest BCUT2D eigenvalue weighted by Gasteiger charge is -2.13. The summed E-state index contributed by atoms with van der Waals surface area (Å²) in [5, 5.41) is 0. The summed E-state index contributed by atoms with van der Waals surface area (Å²) >= 11 is 0. The maximum Gasteiger partial charge on any atom is 0.326 e. The van der Waals surface area contributed by atoms with E-state index in [0.29, 0.717) is 11.4 Å². The molecule has 1 aromatic heterocycles. The van der Waals surface area contributed by atoms with Crippen LogP contribution in [0.15, 0.2) is 46.0 Å². The van der Waals surface area contributed by atoms with Crippen molar-refractivity contribution >= 4 is 0 Å². The van der Waals surface area contributed by atoms with E-state index in [9.17, 15) is 9.59 Å². The quantitative estimate of drug-likeness (QED) is 0.835. The number of aromatic amines is 2. The molecule has 1 aromatic carbocycles. The fraction of sp³-hybridized carbons (Fsp3) is 0.167. The zero-order valence-electron chi connectivity index (χ0n) is 9.27. The van der Waals surface area contributed by atoms with Crippen molar-refractivity contribution in [2.24, 2.45) is 0 Å². The second-order valence-electron chi connectivity index (χ2n) is 3.62. The summed E-state index contributed by atoms with van der Waals surface area (Å²) in [7, 11) is 0. The number of para-hydroxylation sites is 1. The lowest BCUT2D eigenvalue weighted by Crippen LogP contribution is -2.24. The molecule has 0 aliphatic carbocycles. The van der Waals surface area contributed by atoms with Gasteiger partial charge in [0, 0.05) is 6.07 Å². The molecule has 1 atom stereocenters. The summed E-state index contributed by atoms with van der Waals surface area (Å²) in [6, 6.07) is 10.5. The molecule has 0 unspecified atom stereocenters. The maximum absolute atomic E-state index is 11.1. The monoisotopic (exact) mass is 232 g/mol. The van der Waals surface area contributed by atoms with Crippen LogP contribution in [0.1, 0.15) is 18.7 Å². The number of hydrogen-bond acceptors (Lipinski definition) is 3. The first kappa shape index (κ1) is 11.2. The van der Waals surface area contributed by atoms with Gasteiger partial charge in [0.25, 0.3) is 5.56 Å². The average Bonchev–Trinajstić information content (AvgIpc) is 2.29. The maximum atomic E-state index is 11.1. The van der Waals surface area contributed by atoms with Crippen LogP contribution in [0.4, 0.5) is 0 Å². The van der Waals surface area contributed by atoms with Gasteiger partial charge in [0.15, 0.2) is 0 Å². The SMILES string of the molecule is C[C@H](Oc1ccccc1)c1cc(=O)[nH]c(=O)[nH]1. The molecule has 2 N–H and O–H groups in total. The third kappa shape index (κ3) is 2.84. The Morgan fingerprint density at radius 2 is 1.82 bits per heavy atom. The Morgan fingerprint density at radius 1 is 1.12 bits per heavy atom. The van der Waals surface area contributed by atoms with Crippen LogP contribution in [0.2, 0.25) is 0 Å². The summed E-state index contributed by atoms with van der Waals surface area (Å²) in [4.78, 5) is 26.9. The van der Waals surface area contributed by atoms with Crippen molar-refractivity contribution in [1.29, 1.82) is 0 Å². The molecule has 0 bridgehead atoms. The van der Waals surface area contributed by atoms with Crippen LogP contribution in [-0.2, 0) is 0 Å². The molecular weight excluding hydrogens is 220 g/mol. The van der Waals surface area contributed by atoms with Gasteiger partial charge in [0.05, 0.1) is 5.69 Å². The van der Waals surface area contributed by atoms with Gasteiger partial charge in [0.2, 0.25) is 0 Å². The van der Waals surface area contributed by atoms with Crippen LogP contribution in [-0.4, -0.2) is 9.97 Å². The van der Waals surface area contributed by atoms with Crippen molar-refractivity contribution in [2.45, 2.75) is 13.0 Å². The van der Waals surface area contributed by atoms with Crippen molar-refractivity contribution in [3.8, 4) is 5.75 Å². The molecule has 0 fully saturated rings. The van der Waals surface area contributed by atoms with Gasteiger partial charge < -0.3 is 9.72 Å². The van der Waals surface area contributed by atoms with Crippen LogP contribution in [0.5, 0.6) is 5.75 Å². The number of ether oxygens (including phenoxy) is 1. The second-order valence-corrected chi connectivity index (χ2v) is 3.62. The molecule has 0 spiro atoms. The minimum Gasteiger partial charge on any atom is -0.485 e. The zero-order valence-corrected chi connectivity index (χ0v) is 9.27. The molecule has 5 nitrogen and oxygen atoms in total. The number of benzene rings is 1. The van der Waals surface area contributed by atoms with E-state index >= 15 is 0 Å². The standard InChI is InChI=1S/C12H12N2O3/c1-8(17-9-5-3-2-4-6-9)10-7-11(15)14-12(16)13-10/h2-8H,1H3,(H2,13,14,15,16)/t8-/m0/s1. The molecule has 1 heterocycles. The lowest BCUT2D eigenvalue weighted by molar-refractivity contribution is 0.221. The number of hydrogen-bond donors (Lipinski definition) is 2. The van der Waals surface area contributed by atoms with E-state index in [2.05, 4.69) is 9.97 Å². The van der Waals surface area contributed by atoms with Gasteiger partial charge >= 0.3 is 5.69 Å². The highest BCUT2D eigenvalue weighted by molar-refractivity contribution is 5.22. The number of H-pyrrole nitrogens is 2. The molecule has 0 saturated heterocycles. The van der Waals surface area contributed by atoms with E-state index in [4.69, 9.17) is 4.74 Å². The molecule has 2 rings (SSSR count). The van der Waals surface area contributed by atoms with E-state index in [-0.39, 0.29) is 0 Å². The van der Waals surface area contributed by atoms with E-state index < -0.39 is 17.4 Å². The van der Waals surface area contributed by atoms with Crippen LogP contribution < -0.4 is 16.0 Å². The Balaban J connectivity index is 2.23. The molecule has 0 aliphatic rings. The van der Waals surface area contributed by atoms with Gasteiger partial charge in [-0.2, -0.15) is 0 Å². The Kier molecular flexibility index (Phi) is 3.09. The molecule has 88 valence electrons. The van der Waals surface area contributed by atoms with Crippen LogP contribution in [0.25, 0.3) is 0 Å². The number of aromatic nitrogens is 2. The Labute approximate surface area is 97.1 Å².